The number of carbonyl (C=O) groups excluding carboxylic acids is 2. The maximum atomic E-state index is 11.0. The first-order chi connectivity index (χ1) is 5.61. The Bertz CT molecular complexity index is 194. The molecule has 0 aromatic rings. The van der Waals surface area contributed by atoms with Crippen molar-refractivity contribution in [3.05, 3.63) is 11.6 Å². The van der Waals surface area contributed by atoms with E-state index in [9.17, 15) is 9.59 Å². The van der Waals surface area contributed by atoms with Crippen LogP contribution in [0.4, 0.5) is 0 Å². The minimum absolute atomic E-state index is 0.227. The van der Waals surface area contributed by atoms with Crippen molar-refractivity contribution in [3.63, 3.8) is 0 Å². The lowest BCUT2D eigenvalue weighted by Crippen LogP contribution is -2.06. The van der Waals surface area contributed by atoms with Crippen LogP contribution in [0, 0.1) is 5.92 Å². The summed E-state index contributed by atoms with van der Waals surface area (Å²) in [7, 11) is 0. The minimum Gasteiger partial charge on any atom is -0.463 e. The molecule has 0 aromatic heterocycles. The molecule has 3 heteroatoms. The molecule has 0 saturated carbocycles. The average Bonchev–Trinajstić information content (AvgIpc) is 2.04. The molecular weight excluding hydrogens is 156 g/mol. The summed E-state index contributed by atoms with van der Waals surface area (Å²) in [6, 6.07) is 0. The maximum Gasteiger partial charge on any atom is 0.333 e. The van der Waals surface area contributed by atoms with Crippen molar-refractivity contribution in [1.29, 1.82) is 0 Å². The quantitative estimate of drug-likeness (QED) is 0.363. The number of hydrogen-bond acceptors (Lipinski definition) is 3. The summed E-state index contributed by atoms with van der Waals surface area (Å²) < 4.78 is 4.73. The van der Waals surface area contributed by atoms with E-state index < -0.39 is 0 Å². The van der Waals surface area contributed by atoms with Gasteiger partial charge in [0, 0.05) is 11.5 Å². The molecule has 0 aliphatic rings. The van der Waals surface area contributed by atoms with E-state index in [1.165, 1.54) is 0 Å². The van der Waals surface area contributed by atoms with Crippen molar-refractivity contribution in [2.24, 2.45) is 5.92 Å². The Hall–Kier alpha value is -1.12. The molecule has 0 aliphatic carbocycles. The Morgan fingerprint density at radius 1 is 1.58 bits per heavy atom. The lowest BCUT2D eigenvalue weighted by molar-refractivity contribution is -0.138. The lowest BCUT2D eigenvalue weighted by atomic mass is 10.1. The molecule has 0 aliphatic heterocycles. The second-order valence-corrected chi connectivity index (χ2v) is 2.57. The van der Waals surface area contributed by atoms with Gasteiger partial charge in [-0.15, -0.1) is 0 Å². The zero-order chi connectivity index (χ0) is 9.56. The number of carbonyl (C=O) groups is 2. The van der Waals surface area contributed by atoms with Crippen molar-refractivity contribution >= 4 is 12.3 Å². The first-order valence-corrected chi connectivity index (χ1v) is 3.92. The van der Waals surface area contributed by atoms with Gasteiger partial charge >= 0.3 is 5.97 Å². The number of ether oxygens (including phenoxy) is 1. The summed E-state index contributed by atoms with van der Waals surface area (Å²) in [5.74, 6) is -0.583. The lowest BCUT2D eigenvalue weighted by Gasteiger charge is -2.01. The molecule has 1 atom stereocenters. The first-order valence-electron chi connectivity index (χ1n) is 3.92. The third kappa shape index (κ3) is 3.91. The van der Waals surface area contributed by atoms with Crippen LogP contribution >= 0.6 is 0 Å². The fraction of sp³-hybridized carbons (Fsp3) is 0.556. The first kappa shape index (κ1) is 10.9. The normalized spacial score (nSPS) is 13.8. The van der Waals surface area contributed by atoms with Crippen LogP contribution in [0.3, 0.4) is 0 Å². The van der Waals surface area contributed by atoms with E-state index in [1.807, 2.05) is 0 Å². The SMILES string of the molecule is CCOC(=O)/C(C)=C/[C@H](C)C=O. The number of rotatable bonds is 4. The van der Waals surface area contributed by atoms with Crippen LogP contribution in [0.15, 0.2) is 11.6 Å². The molecular formula is C9H14O3. The minimum atomic E-state index is -0.355. The maximum absolute atomic E-state index is 11.0. The molecule has 0 unspecified atom stereocenters. The predicted octanol–water partition coefficient (Wildman–Crippen LogP) is 1.33. The van der Waals surface area contributed by atoms with Crippen molar-refractivity contribution in [2.75, 3.05) is 6.61 Å². The predicted molar refractivity (Wildman–Crippen MR) is 45.6 cm³/mol. The highest BCUT2D eigenvalue weighted by atomic mass is 16.5. The van der Waals surface area contributed by atoms with Crippen LogP contribution < -0.4 is 0 Å². The fourth-order valence-corrected chi connectivity index (χ4v) is 0.747. The van der Waals surface area contributed by atoms with Gasteiger partial charge in [0.25, 0.3) is 0 Å². The van der Waals surface area contributed by atoms with Crippen LogP contribution in [0.1, 0.15) is 20.8 Å². The molecule has 0 amide bonds. The van der Waals surface area contributed by atoms with Gasteiger partial charge < -0.3 is 9.53 Å². The summed E-state index contributed by atoms with van der Waals surface area (Å²) >= 11 is 0. The van der Waals surface area contributed by atoms with Gasteiger partial charge in [-0.2, -0.15) is 0 Å². The van der Waals surface area contributed by atoms with E-state index in [2.05, 4.69) is 0 Å². The molecule has 0 fully saturated rings. The fourth-order valence-electron chi connectivity index (χ4n) is 0.747. The van der Waals surface area contributed by atoms with Gasteiger partial charge in [0.05, 0.1) is 6.61 Å². The Morgan fingerprint density at radius 3 is 2.58 bits per heavy atom. The molecule has 12 heavy (non-hydrogen) atoms. The van der Waals surface area contributed by atoms with Crippen LogP contribution in [0.25, 0.3) is 0 Å². The number of esters is 1. The van der Waals surface area contributed by atoms with E-state index in [0.29, 0.717) is 12.2 Å². The van der Waals surface area contributed by atoms with Gasteiger partial charge in [0.1, 0.15) is 6.29 Å². The third-order valence-electron chi connectivity index (χ3n) is 1.32. The van der Waals surface area contributed by atoms with Crippen LogP contribution in [0.2, 0.25) is 0 Å². The highest BCUT2D eigenvalue weighted by Gasteiger charge is 2.05. The van der Waals surface area contributed by atoms with Gasteiger partial charge in [-0.05, 0) is 13.8 Å². The molecule has 3 nitrogen and oxygen atoms in total. The van der Waals surface area contributed by atoms with Crippen molar-refractivity contribution in [3.8, 4) is 0 Å². The topological polar surface area (TPSA) is 43.4 Å². The monoisotopic (exact) mass is 170 g/mol. The molecule has 0 aromatic carbocycles. The zero-order valence-electron chi connectivity index (χ0n) is 7.66. The van der Waals surface area contributed by atoms with E-state index in [4.69, 9.17) is 4.74 Å². The number of allylic oxidation sites excluding steroid dienone is 1. The highest BCUT2D eigenvalue weighted by molar-refractivity contribution is 5.88. The van der Waals surface area contributed by atoms with E-state index in [-0.39, 0.29) is 11.9 Å². The molecule has 0 spiro atoms. The van der Waals surface area contributed by atoms with E-state index in [1.54, 1.807) is 26.8 Å². The second-order valence-electron chi connectivity index (χ2n) is 2.57. The summed E-state index contributed by atoms with van der Waals surface area (Å²) in [6.45, 7) is 5.46. The van der Waals surface area contributed by atoms with E-state index in [0.717, 1.165) is 6.29 Å². The molecule has 68 valence electrons. The van der Waals surface area contributed by atoms with Gasteiger partial charge in [0.2, 0.25) is 0 Å². The smallest absolute Gasteiger partial charge is 0.333 e. The molecule has 0 bridgehead atoms. The summed E-state index contributed by atoms with van der Waals surface area (Å²) in [5, 5.41) is 0. The molecule has 0 rings (SSSR count). The number of aldehydes is 1. The Morgan fingerprint density at radius 2 is 2.17 bits per heavy atom. The summed E-state index contributed by atoms with van der Waals surface area (Å²) in [5.41, 5.74) is 0.483. The Labute approximate surface area is 72.4 Å². The van der Waals surface area contributed by atoms with Gasteiger partial charge in [-0.1, -0.05) is 13.0 Å². The highest BCUT2D eigenvalue weighted by Crippen LogP contribution is 2.02. The van der Waals surface area contributed by atoms with Gasteiger partial charge in [-0.25, -0.2) is 4.79 Å². The molecule has 0 saturated heterocycles. The Kier molecular flexibility index (Phi) is 5.00. The molecule has 0 radical (unpaired) electrons. The second kappa shape index (κ2) is 5.52. The van der Waals surface area contributed by atoms with Crippen LogP contribution in [-0.2, 0) is 14.3 Å². The standard InChI is InChI=1S/C9H14O3/c1-4-12-9(11)8(3)5-7(2)6-10/h5-7H,4H2,1-3H3/b8-5+/t7-/m0/s1. The van der Waals surface area contributed by atoms with Crippen LogP contribution in [-0.4, -0.2) is 18.9 Å². The Balaban J connectivity index is 4.16. The zero-order valence-corrected chi connectivity index (χ0v) is 7.66. The van der Waals surface area contributed by atoms with Crippen molar-refractivity contribution < 1.29 is 14.3 Å². The summed E-state index contributed by atoms with van der Waals surface area (Å²) in [4.78, 5) is 21.2. The number of hydrogen-bond donors (Lipinski definition) is 0. The van der Waals surface area contributed by atoms with Crippen molar-refractivity contribution in [2.45, 2.75) is 20.8 Å². The van der Waals surface area contributed by atoms with Crippen LogP contribution in [0.5, 0.6) is 0 Å². The largest absolute Gasteiger partial charge is 0.463 e. The van der Waals surface area contributed by atoms with Gasteiger partial charge in [0.15, 0.2) is 0 Å². The van der Waals surface area contributed by atoms with E-state index >= 15 is 0 Å². The third-order valence-corrected chi connectivity index (χ3v) is 1.32. The van der Waals surface area contributed by atoms with Gasteiger partial charge in [-0.3, -0.25) is 0 Å². The molecule has 0 heterocycles. The van der Waals surface area contributed by atoms with Crippen molar-refractivity contribution in [1.82, 2.24) is 0 Å². The molecule has 0 N–H and O–H groups in total. The summed E-state index contributed by atoms with van der Waals surface area (Å²) in [6.07, 6.45) is 2.37. The average molecular weight is 170 g/mol.